The Balaban J connectivity index is 2.42. The standard InChI is InChI=1S/C11H17NO/c1-7-4-8-9(12-7)5-11(2,3)6-10(8)13/h4,10,12-13H,5-6H2,1-3H3. The predicted octanol–water partition coefficient (Wildman–Crippen LogP) is 2.33. The van der Waals surface area contributed by atoms with Gasteiger partial charge in [0, 0.05) is 17.0 Å². The van der Waals surface area contributed by atoms with Crippen molar-refractivity contribution in [3.63, 3.8) is 0 Å². The van der Waals surface area contributed by atoms with Gasteiger partial charge in [-0.2, -0.15) is 0 Å². The van der Waals surface area contributed by atoms with Gasteiger partial charge in [-0.3, -0.25) is 0 Å². The monoisotopic (exact) mass is 179 g/mol. The van der Waals surface area contributed by atoms with Gasteiger partial charge in [0.1, 0.15) is 0 Å². The zero-order valence-corrected chi connectivity index (χ0v) is 8.52. The number of H-pyrrole nitrogens is 1. The smallest absolute Gasteiger partial charge is 0.0812 e. The van der Waals surface area contributed by atoms with Crippen molar-refractivity contribution < 1.29 is 5.11 Å². The molecule has 13 heavy (non-hydrogen) atoms. The van der Waals surface area contributed by atoms with E-state index in [0.717, 1.165) is 24.1 Å². The molecule has 0 bridgehead atoms. The summed E-state index contributed by atoms with van der Waals surface area (Å²) in [5.74, 6) is 0. The lowest BCUT2D eigenvalue weighted by Crippen LogP contribution is -2.24. The zero-order chi connectivity index (χ0) is 9.64. The summed E-state index contributed by atoms with van der Waals surface area (Å²) >= 11 is 0. The first kappa shape index (κ1) is 8.82. The predicted molar refractivity (Wildman–Crippen MR) is 52.6 cm³/mol. The number of aromatic amines is 1. The molecule has 1 aromatic heterocycles. The molecule has 1 aliphatic carbocycles. The van der Waals surface area contributed by atoms with Gasteiger partial charge in [0.05, 0.1) is 6.10 Å². The number of aliphatic hydroxyl groups is 1. The first-order chi connectivity index (χ1) is 5.98. The van der Waals surface area contributed by atoms with Crippen LogP contribution >= 0.6 is 0 Å². The molecule has 0 saturated heterocycles. The fourth-order valence-corrected chi connectivity index (χ4v) is 2.29. The zero-order valence-electron chi connectivity index (χ0n) is 8.52. The number of nitrogens with one attached hydrogen (secondary N) is 1. The number of hydrogen-bond acceptors (Lipinski definition) is 1. The van der Waals surface area contributed by atoms with E-state index in [2.05, 4.69) is 24.9 Å². The van der Waals surface area contributed by atoms with Crippen molar-refractivity contribution in [3.8, 4) is 0 Å². The molecule has 2 N–H and O–H groups in total. The maximum atomic E-state index is 9.89. The first-order valence-corrected chi connectivity index (χ1v) is 4.84. The topological polar surface area (TPSA) is 36.0 Å². The van der Waals surface area contributed by atoms with Gasteiger partial charge in [-0.05, 0) is 31.2 Å². The summed E-state index contributed by atoms with van der Waals surface area (Å²) in [4.78, 5) is 3.32. The third-order valence-corrected chi connectivity index (χ3v) is 2.83. The van der Waals surface area contributed by atoms with Crippen LogP contribution in [-0.4, -0.2) is 10.1 Å². The van der Waals surface area contributed by atoms with E-state index < -0.39 is 0 Å². The molecule has 1 aliphatic rings. The van der Waals surface area contributed by atoms with Crippen LogP contribution in [0.4, 0.5) is 0 Å². The van der Waals surface area contributed by atoms with Crippen LogP contribution in [0.25, 0.3) is 0 Å². The molecule has 2 nitrogen and oxygen atoms in total. The van der Waals surface area contributed by atoms with Crippen molar-refractivity contribution in [1.82, 2.24) is 4.98 Å². The quantitative estimate of drug-likeness (QED) is 0.630. The van der Waals surface area contributed by atoms with Crippen LogP contribution in [0.3, 0.4) is 0 Å². The number of hydrogen-bond donors (Lipinski definition) is 2. The third-order valence-electron chi connectivity index (χ3n) is 2.83. The van der Waals surface area contributed by atoms with E-state index in [1.54, 1.807) is 0 Å². The molecule has 2 rings (SSSR count). The highest BCUT2D eigenvalue weighted by Gasteiger charge is 2.32. The Morgan fingerprint density at radius 3 is 2.92 bits per heavy atom. The summed E-state index contributed by atoms with van der Waals surface area (Å²) < 4.78 is 0. The van der Waals surface area contributed by atoms with Gasteiger partial charge in [-0.1, -0.05) is 13.8 Å². The molecule has 1 aromatic rings. The lowest BCUT2D eigenvalue weighted by atomic mass is 9.75. The molecule has 1 unspecified atom stereocenters. The number of aromatic nitrogens is 1. The molecule has 0 amide bonds. The molecule has 0 spiro atoms. The van der Waals surface area contributed by atoms with E-state index >= 15 is 0 Å². The SMILES string of the molecule is Cc1cc2c([nH]1)CC(C)(C)CC2O. The normalized spacial score (nSPS) is 25.7. The van der Waals surface area contributed by atoms with Crippen molar-refractivity contribution in [2.75, 3.05) is 0 Å². The van der Waals surface area contributed by atoms with Gasteiger partial charge in [-0.15, -0.1) is 0 Å². The molecule has 1 atom stereocenters. The van der Waals surface area contributed by atoms with Gasteiger partial charge in [0.15, 0.2) is 0 Å². The van der Waals surface area contributed by atoms with Gasteiger partial charge in [0.2, 0.25) is 0 Å². The maximum absolute atomic E-state index is 9.89. The molecular formula is C11H17NO. The third kappa shape index (κ3) is 1.51. The highest BCUT2D eigenvalue weighted by atomic mass is 16.3. The van der Waals surface area contributed by atoms with Crippen LogP contribution < -0.4 is 0 Å². The molecule has 0 fully saturated rings. The van der Waals surface area contributed by atoms with Crippen molar-refractivity contribution in [3.05, 3.63) is 23.0 Å². The average Bonchev–Trinajstić information content (AvgIpc) is 2.27. The minimum Gasteiger partial charge on any atom is -0.388 e. The van der Waals surface area contributed by atoms with Crippen LogP contribution in [0.15, 0.2) is 6.07 Å². The minimum atomic E-state index is -0.274. The molecule has 72 valence electrons. The van der Waals surface area contributed by atoms with E-state index in [1.807, 2.05) is 6.92 Å². The van der Waals surface area contributed by atoms with Crippen LogP contribution in [0.2, 0.25) is 0 Å². The van der Waals surface area contributed by atoms with Crippen molar-refractivity contribution >= 4 is 0 Å². The lowest BCUT2D eigenvalue weighted by molar-refractivity contribution is 0.0993. The Hall–Kier alpha value is -0.760. The summed E-state index contributed by atoms with van der Waals surface area (Å²) in [5.41, 5.74) is 3.71. The molecule has 1 heterocycles. The number of aliphatic hydroxyl groups excluding tert-OH is 1. The van der Waals surface area contributed by atoms with Crippen molar-refractivity contribution in [2.24, 2.45) is 5.41 Å². The van der Waals surface area contributed by atoms with Gasteiger partial charge in [-0.25, -0.2) is 0 Å². The number of fused-ring (bicyclic) bond motifs is 1. The second kappa shape index (κ2) is 2.61. The van der Waals surface area contributed by atoms with Crippen LogP contribution in [0, 0.1) is 12.3 Å². The summed E-state index contributed by atoms with van der Waals surface area (Å²) in [6.07, 6.45) is 1.65. The summed E-state index contributed by atoms with van der Waals surface area (Å²) in [5, 5.41) is 9.89. The van der Waals surface area contributed by atoms with E-state index in [9.17, 15) is 5.11 Å². The summed E-state index contributed by atoms with van der Waals surface area (Å²) in [7, 11) is 0. The van der Waals surface area contributed by atoms with E-state index in [1.165, 1.54) is 5.69 Å². The Morgan fingerprint density at radius 1 is 1.54 bits per heavy atom. The molecule has 0 saturated carbocycles. The minimum absolute atomic E-state index is 0.226. The van der Waals surface area contributed by atoms with E-state index in [4.69, 9.17) is 0 Å². The average molecular weight is 179 g/mol. The van der Waals surface area contributed by atoms with Crippen molar-refractivity contribution in [1.29, 1.82) is 0 Å². The first-order valence-electron chi connectivity index (χ1n) is 4.84. The van der Waals surface area contributed by atoms with Gasteiger partial charge >= 0.3 is 0 Å². The number of aryl methyl sites for hydroxylation is 1. The largest absolute Gasteiger partial charge is 0.388 e. The summed E-state index contributed by atoms with van der Waals surface area (Å²) in [6, 6.07) is 2.06. The Morgan fingerprint density at radius 2 is 2.23 bits per heavy atom. The van der Waals surface area contributed by atoms with Crippen LogP contribution in [0.1, 0.15) is 43.3 Å². The second-order valence-corrected chi connectivity index (χ2v) is 4.95. The Kier molecular flexibility index (Phi) is 1.77. The molecular weight excluding hydrogens is 162 g/mol. The fourth-order valence-electron chi connectivity index (χ4n) is 2.29. The summed E-state index contributed by atoms with van der Waals surface area (Å²) in [6.45, 7) is 6.45. The molecule has 0 aliphatic heterocycles. The maximum Gasteiger partial charge on any atom is 0.0812 e. The Labute approximate surface area is 79.0 Å². The van der Waals surface area contributed by atoms with Crippen molar-refractivity contribution in [2.45, 2.75) is 39.7 Å². The molecule has 0 aromatic carbocycles. The molecule has 0 radical (unpaired) electrons. The Bertz CT molecular complexity index is 325. The van der Waals surface area contributed by atoms with Crippen LogP contribution in [-0.2, 0) is 6.42 Å². The van der Waals surface area contributed by atoms with E-state index in [-0.39, 0.29) is 11.5 Å². The highest BCUT2D eigenvalue weighted by Crippen LogP contribution is 2.40. The molecule has 2 heteroatoms. The van der Waals surface area contributed by atoms with E-state index in [0.29, 0.717) is 0 Å². The fraction of sp³-hybridized carbons (Fsp3) is 0.636. The number of rotatable bonds is 0. The second-order valence-electron chi connectivity index (χ2n) is 4.95. The lowest BCUT2D eigenvalue weighted by Gasteiger charge is -2.32. The van der Waals surface area contributed by atoms with Crippen LogP contribution in [0.5, 0.6) is 0 Å². The van der Waals surface area contributed by atoms with Gasteiger partial charge < -0.3 is 10.1 Å². The van der Waals surface area contributed by atoms with Gasteiger partial charge in [0.25, 0.3) is 0 Å². The highest BCUT2D eigenvalue weighted by molar-refractivity contribution is 5.31.